The molecular formula is C42H41Cl2N7O7. The van der Waals surface area contributed by atoms with Crippen LogP contribution in [0.15, 0.2) is 110 Å². The second-order valence-corrected chi connectivity index (χ2v) is 14.4. The first-order valence-corrected chi connectivity index (χ1v) is 19.3. The highest BCUT2D eigenvalue weighted by Crippen LogP contribution is 2.40. The Balaban J connectivity index is 0.000000199. The Kier molecular flexibility index (Phi) is 12.6. The summed E-state index contributed by atoms with van der Waals surface area (Å²) in [4.78, 5) is 50.5. The van der Waals surface area contributed by atoms with Crippen molar-refractivity contribution in [1.82, 2.24) is 24.4 Å². The number of ketones is 1. The van der Waals surface area contributed by atoms with E-state index >= 15 is 0 Å². The van der Waals surface area contributed by atoms with Gasteiger partial charge in [0.15, 0.2) is 5.78 Å². The van der Waals surface area contributed by atoms with Crippen LogP contribution in [0.25, 0.3) is 11.0 Å². The number of hydrogen-bond acceptors (Lipinski definition) is 10. The summed E-state index contributed by atoms with van der Waals surface area (Å²) in [5.74, 6) is -0.00758. The van der Waals surface area contributed by atoms with Crippen LogP contribution in [0.2, 0.25) is 10.0 Å². The van der Waals surface area contributed by atoms with Crippen molar-refractivity contribution in [3.8, 4) is 5.75 Å². The fourth-order valence-corrected chi connectivity index (χ4v) is 7.26. The number of nitrogens with one attached hydrogen (secondary N) is 2. The average Bonchev–Trinajstić information content (AvgIpc) is 4.01. The van der Waals surface area contributed by atoms with E-state index < -0.39 is 11.9 Å². The number of halogens is 2. The SMILES string of the molecule is CC(=O)N1CCN(c2ccc(OC[C@H]3CO[C@](Cn4ccnc4)(c4ccc(Cl)cc4Cl)O3)cc2)CC1.COC(=O)Nc1nc2cc(C(=O)c3ccccc3)ccc2[nH]1. The molecule has 8 rings (SSSR count). The van der Waals surface area contributed by atoms with Crippen LogP contribution in [0.4, 0.5) is 16.4 Å². The molecule has 0 unspecified atom stereocenters. The molecule has 0 aliphatic carbocycles. The summed E-state index contributed by atoms with van der Waals surface area (Å²) < 4.78 is 25.1. The molecule has 6 aromatic rings. The number of fused-ring (bicyclic) bond motifs is 1. The van der Waals surface area contributed by atoms with Crippen LogP contribution in [0, 0.1) is 0 Å². The van der Waals surface area contributed by atoms with Gasteiger partial charge in [0.1, 0.15) is 18.5 Å². The summed E-state index contributed by atoms with van der Waals surface area (Å²) in [7, 11) is 1.27. The van der Waals surface area contributed by atoms with E-state index in [1.807, 2.05) is 64.2 Å². The summed E-state index contributed by atoms with van der Waals surface area (Å²) in [6.45, 7) is 5.80. The number of piperazine rings is 1. The molecule has 0 bridgehead atoms. The highest BCUT2D eigenvalue weighted by molar-refractivity contribution is 6.35. The normalized spacial score (nSPS) is 17.7. The van der Waals surface area contributed by atoms with Gasteiger partial charge in [0.05, 0.1) is 42.6 Å². The van der Waals surface area contributed by atoms with Crippen LogP contribution in [0.5, 0.6) is 5.75 Å². The number of aromatic nitrogens is 4. The number of anilines is 2. The standard InChI is InChI=1S/C26H28Cl2N4O4.C16H13N3O3/c1-19(33)31-10-12-32(13-11-31)21-3-5-22(6-4-21)34-15-23-16-35-26(36-23,17-30-9-8-29-18-30)24-7-2-20(27)14-25(24)28;1-22-16(21)19-15-17-12-8-7-11(9-13(12)18-15)14(20)10-5-3-2-4-6-10/h2-9,14,18,23H,10-13,15-17H2,1H3;2-9H,1H3,(H2,17,18,19,21)/t23-,26-;/m0./s1. The van der Waals surface area contributed by atoms with Crippen molar-refractivity contribution in [2.75, 3.05) is 56.7 Å². The first-order valence-electron chi connectivity index (χ1n) is 18.5. The second-order valence-electron chi connectivity index (χ2n) is 13.6. The number of amides is 2. The lowest BCUT2D eigenvalue weighted by molar-refractivity contribution is -0.189. The van der Waals surface area contributed by atoms with Crippen molar-refractivity contribution in [1.29, 1.82) is 0 Å². The van der Waals surface area contributed by atoms with E-state index in [0.717, 1.165) is 43.1 Å². The maximum absolute atomic E-state index is 12.4. The van der Waals surface area contributed by atoms with Crippen molar-refractivity contribution < 1.29 is 33.3 Å². The molecule has 300 valence electrons. The van der Waals surface area contributed by atoms with Gasteiger partial charge in [-0.15, -0.1) is 0 Å². The third kappa shape index (κ3) is 9.60. The van der Waals surface area contributed by atoms with Gasteiger partial charge in [0, 0.05) is 72.9 Å². The molecule has 16 heteroatoms. The quantitative estimate of drug-likeness (QED) is 0.136. The number of benzene rings is 4. The molecule has 58 heavy (non-hydrogen) atoms. The molecule has 2 aliphatic heterocycles. The highest BCUT2D eigenvalue weighted by Gasteiger charge is 2.45. The summed E-state index contributed by atoms with van der Waals surface area (Å²) in [5, 5.41) is 3.47. The Morgan fingerprint density at radius 2 is 1.72 bits per heavy atom. The molecule has 0 spiro atoms. The Morgan fingerprint density at radius 1 is 0.948 bits per heavy atom. The number of carbonyl (C=O) groups excluding carboxylic acids is 3. The zero-order chi connectivity index (χ0) is 40.6. The summed E-state index contributed by atoms with van der Waals surface area (Å²) >= 11 is 12.7. The summed E-state index contributed by atoms with van der Waals surface area (Å²) in [5.41, 5.74) is 4.28. The molecule has 14 nitrogen and oxygen atoms in total. The molecule has 4 heterocycles. The number of nitrogens with zero attached hydrogens (tertiary/aromatic N) is 5. The van der Waals surface area contributed by atoms with Gasteiger partial charge in [0.25, 0.3) is 0 Å². The topological polar surface area (TPSA) is 153 Å². The van der Waals surface area contributed by atoms with E-state index in [1.54, 1.807) is 61.9 Å². The Bertz CT molecular complexity index is 2350. The Hall–Kier alpha value is -5.93. The van der Waals surface area contributed by atoms with Crippen LogP contribution in [0.1, 0.15) is 28.4 Å². The van der Waals surface area contributed by atoms with Crippen LogP contribution in [0.3, 0.4) is 0 Å². The van der Waals surface area contributed by atoms with Crippen molar-refractivity contribution in [2.24, 2.45) is 0 Å². The molecule has 2 aliphatic rings. The number of aromatic amines is 1. The molecule has 0 radical (unpaired) electrons. The predicted octanol–water partition coefficient (Wildman–Crippen LogP) is 7.18. The van der Waals surface area contributed by atoms with E-state index in [4.69, 9.17) is 37.4 Å². The first kappa shape index (κ1) is 40.3. The van der Waals surface area contributed by atoms with E-state index in [9.17, 15) is 14.4 Å². The lowest BCUT2D eigenvalue weighted by Crippen LogP contribution is -2.48. The van der Waals surface area contributed by atoms with Gasteiger partial charge >= 0.3 is 6.09 Å². The van der Waals surface area contributed by atoms with Gasteiger partial charge in [-0.25, -0.2) is 14.8 Å². The lowest BCUT2D eigenvalue weighted by Gasteiger charge is -2.35. The van der Waals surface area contributed by atoms with Crippen molar-refractivity contribution in [3.63, 3.8) is 0 Å². The number of carbonyl (C=O) groups is 3. The smallest absolute Gasteiger partial charge is 0.413 e. The first-order chi connectivity index (χ1) is 28.1. The van der Waals surface area contributed by atoms with Crippen LogP contribution >= 0.6 is 23.2 Å². The third-order valence-corrected chi connectivity index (χ3v) is 10.2. The van der Waals surface area contributed by atoms with Gasteiger partial charge in [-0.2, -0.15) is 0 Å². The molecule has 0 saturated carbocycles. The van der Waals surface area contributed by atoms with E-state index in [1.165, 1.54) is 7.11 Å². The fraction of sp³-hybridized carbons (Fsp3) is 0.262. The van der Waals surface area contributed by atoms with Gasteiger partial charge in [-0.05, 0) is 54.6 Å². The number of methoxy groups -OCH3 is 1. The summed E-state index contributed by atoms with van der Waals surface area (Å²) in [6, 6.07) is 27.5. The maximum atomic E-state index is 12.4. The zero-order valence-corrected chi connectivity index (χ0v) is 33.3. The minimum absolute atomic E-state index is 0.0759. The van der Waals surface area contributed by atoms with Crippen molar-refractivity contribution >= 4 is 63.7 Å². The van der Waals surface area contributed by atoms with Gasteiger partial charge in [-0.1, -0.05) is 59.6 Å². The maximum Gasteiger partial charge on any atom is 0.413 e. The second kappa shape index (κ2) is 18.1. The number of imidazole rings is 2. The Morgan fingerprint density at radius 3 is 2.41 bits per heavy atom. The van der Waals surface area contributed by atoms with Crippen LogP contribution in [-0.4, -0.2) is 94.8 Å². The molecule has 2 fully saturated rings. The minimum atomic E-state index is -1.08. The number of H-pyrrole nitrogens is 1. The molecule has 4 aromatic carbocycles. The van der Waals surface area contributed by atoms with Crippen molar-refractivity contribution in [2.45, 2.75) is 25.4 Å². The van der Waals surface area contributed by atoms with E-state index in [-0.39, 0.29) is 23.7 Å². The van der Waals surface area contributed by atoms with Crippen LogP contribution in [-0.2, 0) is 31.3 Å². The highest BCUT2D eigenvalue weighted by atomic mass is 35.5. The molecule has 2 saturated heterocycles. The molecule has 2 aromatic heterocycles. The molecule has 2 N–H and O–H groups in total. The van der Waals surface area contributed by atoms with Gasteiger partial charge in [0.2, 0.25) is 17.6 Å². The minimum Gasteiger partial charge on any atom is -0.491 e. The largest absolute Gasteiger partial charge is 0.491 e. The zero-order valence-electron chi connectivity index (χ0n) is 31.8. The molecular weight excluding hydrogens is 785 g/mol. The van der Waals surface area contributed by atoms with Crippen molar-refractivity contribution in [3.05, 3.63) is 136 Å². The third-order valence-electron chi connectivity index (χ3n) is 9.70. The Labute approximate surface area is 344 Å². The molecule has 2 amide bonds. The predicted molar refractivity (Wildman–Crippen MR) is 220 cm³/mol. The van der Waals surface area contributed by atoms with Gasteiger partial charge < -0.3 is 38.3 Å². The van der Waals surface area contributed by atoms with Gasteiger partial charge in [-0.3, -0.25) is 14.9 Å². The molecule has 2 atom stereocenters. The number of ether oxygens (including phenoxy) is 4. The number of rotatable bonds is 10. The van der Waals surface area contributed by atoms with E-state index in [2.05, 4.69) is 29.9 Å². The number of hydrogen-bond donors (Lipinski definition) is 2. The van der Waals surface area contributed by atoms with Crippen LogP contribution < -0.4 is 15.0 Å². The van der Waals surface area contributed by atoms with E-state index in [0.29, 0.717) is 52.0 Å². The summed E-state index contributed by atoms with van der Waals surface area (Å²) in [6.07, 6.45) is 4.37. The fourth-order valence-electron chi connectivity index (χ4n) is 6.71. The monoisotopic (exact) mass is 825 g/mol. The lowest BCUT2D eigenvalue weighted by atomic mass is 10.0. The average molecular weight is 827 g/mol.